The maximum atomic E-state index is 13.0. The molecule has 152 valence electrons. The summed E-state index contributed by atoms with van der Waals surface area (Å²) >= 11 is 1.40. The lowest BCUT2D eigenvalue weighted by molar-refractivity contribution is -0.140. The Labute approximate surface area is 169 Å². The Bertz CT molecular complexity index is 996. The number of piperidine rings is 1. The zero-order valence-corrected chi connectivity index (χ0v) is 17.8. The molecule has 28 heavy (non-hydrogen) atoms. The topological polar surface area (TPSA) is 81.5 Å². The first-order valence-electron chi connectivity index (χ1n) is 9.77. The summed E-state index contributed by atoms with van der Waals surface area (Å²) in [5.41, 5.74) is 1.52. The molecule has 2 atom stereocenters. The molecule has 1 aromatic carbocycles. The van der Waals surface area contributed by atoms with Gasteiger partial charge >= 0.3 is 5.97 Å². The third-order valence-electron chi connectivity index (χ3n) is 5.33. The van der Waals surface area contributed by atoms with Crippen LogP contribution in [0.2, 0.25) is 0 Å². The van der Waals surface area contributed by atoms with Gasteiger partial charge in [0.2, 0.25) is 10.0 Å². The van der Waals surface area contributed by atoms with Crippen molar-refractivity contribution < 1.29 is 17.9 Å². The lowest BCUT2D eigenvalue weighted by atomic mass is 10.2. The van der Waals surface area contributed by atoms with Crippen LogP contribution in [0.4, 0.5) is 0 Å². The molecule has 0 amide bonds. The van der Waals surface area contributed by atoms with Crippen LogP contribution in [-0.4, -0.2) is 52.7 Å². The summed E-state index contributed by atoms with van der Waals surface area (Å²) in [5, 5.41) is 0.453. The van der Waals surface area contributed by atoms with E-state index < -0.39 is 10.0 Å². The summed E-state index contributed by atoms with van der Waals surface area (Å²) in [6.45, 7) is 5.74. The molecule has 0 saturated carbocycles. The Morgan fingerprint density at radius 1 is 1.25 bits per heavy atom. The van der Waals surface area contributed by atoms with Crippen molar-refractivity contribution in [2.45, 2.75) is 67.5 Å². The SMILES string of the molecule is CCn1c(SC2CC(C)OC2=O)nc2cc(S(=O)(=O)N3CCCCC3)ccc21. The molecule has 2 aliphatic rings. The standard InChI is InChI=1S/C19H25N3O4S2/c1-3-22-16-8-7-14(28(24,25)21-9-5-4-6-10-21)12-15(16)20-19(22)27-17-11-13(2)26-18(17)23/h7-8,12-13,17H,3-6,9-11H2,1-2H3. The Kier molecular flexibility index (Phi) is 5.41. The lowest BCUT2D eigenvalue weighted by Gasteiger charge is -2.25. The number of nitrogens with zero attached hydrogens (tertiary/aromatic N) is 3. The molecule has 2 fully saturated rings. The second kappa shape index (κ2) is 7.68. The molecule has 2 aliphatic heterocycles. The smallest absolute Gasteiger partial charge is 0.319 e. The first kappa shape index (κ1) is 19.7. The number of imidazole rings is 1. The molecule has 1 aromatic heterocycles. The first-order chi connectivity index (χ1) is 13.4. The molecule has 2 aromatic rings. The van der Waals surface area contributed by atoms with E-state index >= 15 is 0 Å². The Morgan fingerprint density at radius 2 is 2.00 bits per heavy atom. The van der Waals surface area contributed by atoms with Crippen LogP contribution >= 0.6 is 11.8 Å². The minimum Gasteiger partial charge on any atom is -0.462 e. The molecule has 9 heteroatoms. The van der Waals surface area contributed by atoms with Gasteiger partial charge in [0.25, 0.3) is 0 Å². The number of hydrogen-bond acceptors (Lipinski definition) is 6. The van der Waals surface area contributed by atoms with Gasteiger partial charge in [0.15, 0.2) is 5.16 Å². The van der Waals surface area contributed by atoms with Gasteiger partial charge in [-0.2, -0.15) is 4.31 Å². The highest BCUT2D eigenvalue weighted by Crippen LogP contribution is 2.34. The van der Waals surface area contributed by atoms with E-state index in [-0.39, 0.29) is 22.2 Å². The quantitative estimate of drug-likeness (QED) is 0.688. The van der Waals surface area contributed by atoms with Crippen molar-refractivity contribution in [3.63, 3.8) is 0 Å². The molecule has 7 nitrogen and oxygen atoms in total. The van der Waals surface area contributed by atoms with Crippen LogP contribution in [0.15, 0.2) is 28.3 Å². The number of sulfonamides is 1. The van der Waals surface area contributed by atoms with Crippen LogP contribution in [0.3, 0.4) is 0 Å². The van der Waals surface area contributed by atoms with E-state index in [1.165, 1.54) is 11.8 Å². The number of ether oxygens (including phenoxy) is 1. The van der Waals surface area contributed by atoms with Gasteiger partial charge in [0.1, 0.15) is 11.4 Å². The fourth-order valence-electron chi connectivity index (χ4n) is 3.84. The van der Waals surface area contributed by atoms with Gasteiger partial charge < -0.3 is 9.30 Å². The van der Waals surface area contributed by atoms with Crippen LogP contribution in [-0.2, 0) is 26.1 Å². The highest BCUT2D eigenvalue weighted by molar-refractivity contribution is 8.00. The number of cyclic esters (lactones) is 1. The fourth-order valence-corrected chi connectivity index (χ4v) is 6.66. The number of benzene rings is 1. The minimum atomic E-state index is -3.50. The number of aryl methyl sites for hydroxylation is 1. The summed E-state index contributed by atoms with van der Waals surface area (Å²) in [6.07, 6.45) is 3.47. The molecule has 0 radical (unpaired) electrons. The van der Waals surface area contributed by atoms with Crippen molar-refractivity contribution >= 4 is 38.8 Å². The van der Waals surface area contributed by atoms with Crippen LogP contribution in [0.1, 0.15) is 39.5 Å². The second-order valence-electron chi connectivity index (χ2n) is 7.34. The van der Waals surface area contributed by atoms with Gasteiger partial charge in [0, 0.05) is 26.1 Å². The number of carbonyl (C=O) groups excluding carboxylic acids is 1. The van der Waals surface area contributed by atoms with Crippen molar-refractivity contribution in [2.75, 3.05) is 13.1 Å². The molecule has 0 N–H and O–H groups in total. The van der Waals surface area contributed by atoms with Gasteiger partial charge in [-0.15, -0.1) is 0 Å². The van der Waals surface area contributed by atoms with Crippen LogP contribution in [0.5, 0.6) is 0 Å². The summed E-state index contributed by atoms with van der Waals surface area (Å²) < 4.78 is 34.8. The van der Waals surface area contributed by atoms with E-state index in [2.05, 4.69) is 4.98 Å². The average Bonchev–Trinajstić information content (AvgIpc) is 3.20. The van der Waals surface area contributed by atoms with Gasteiger partial charge in [-0.25, -0.2) is 13.4 Å². The second-order valence-corrected chi connectivity index (χ2v) is 10.5. The van der Waals surface area contributed by atoms with Gasteiger partial charge in [-0.05, 0) is 44.9 Å². The number of esters is 1. The maximum Gasteiger partial charge on any atom is 0.319 e. The third-order valence-corrected chi connectivity index (χ3v) is 8.41. The van der Waals surface area contributed by atoms with Crippen LogP contribution in [0, 0.1) is 0 Å². The van der Waals surface area contributed by atoms with Crippen LogP contribution in [0.25, 0.3) is 11.0 Å². The number of hydrogen-bond donors (Lipinski definition) is 0. The molecule has 0 bridgehead atoms. The molecule has 3 heterocycles. The Hall–Kier alpha value is -1.58. The molecular weight excluding hydrogens is 398 g/mol. The van der Waals surface area contributed by atoms with Gasteiger partial charge in [0.05, 0.1) is 15.9 Å². The molecule has 0 aliphatic carbocycles. The zero-order chi connectivity index (χ0) is 19.9. The van der Waals surface area contributed by atoms with Gasteiger partial charge in [-0.1, -0.05) is 18.2 Å². The normalized spacial score (nSPS) is 24.0. The number of carbonyl (C=O) groups is 1. The third kappa shape index (κ3) is 3.55. The summed E-state index contributed by atoms with van der Waals surface area (Å²) in [6, 6.07) is 5.15. The molecular formula is C19H25N3O4S2. The predicted octanol–water partition coefficient (Wildman–Crippen LogP) is 3.03. The number of aromatic nitrogens is 2. The van der Waals surface area contributed by atoms with Crippen molar-refractivity contribution in [3.05, 3.63) is 18.2 Å². The molecule has 2 unspecified atom stereocenters. The van der Waals surface area contributed by atoms with Crippen LogP contribution < -0.4 is 0 Å². The maximum absolute atomic E-state index is 13.0. The molecule has 2 saturated heterocycles. The molecule has 4 rings (SSSR count). The van der Waals surface area contributed by atoms with E-state index in [4.69, 9.17) is 4.74 Å². The fraction of sp³-hybridized carbons (Fsp3) is 0.579. The van der Waals surface area contributed by atoms with Crippen molar-refractivity contribution in [1.29, 1.82) is 0 Å². The number of rotatable bonds is 5. The summed E-state index contributed by atoms with van der Waals surface area (Å²) in [7, 11) is -3.50. The van der Waals surface area contributed by atoms with E-state index in [9.17, 15) is 13.2 Å². The van der Waals surface area contributed by atoms with E-state index in [1.807, 2.05) is 24.5 Å². The predicted molar refractivity (Wildman–Crippen MR) is 108 cm³/mol. The first-order valence-corrected chi connectivity index (χ1v) is 12.1. The monoisotopic (exact) mass is 423 g/mol. The largest absolute Gasteiger partial charge is 0.462 e. The van der Waals surface area contributed by atoms with E-state index in [1.54, 1.807) is 16.4 Å². The van der Waals surface area contributed by atoms with E-state index in [0.29, 0.717) is 31.6 Å². The summed E-state index contributed by atoms with van der Waals surface area (Å²) in [4.78, 5) is 16.9. The number of fused-ring (bicyclic) bond motifs is 1. The van der Waals surface area contributed by atoms with E-state index in [0.717, 1.165) is 29.9 Å². The summed E-state index contributed by atoms with van der Waals surface area (Å²) in [5.74, 6) is -0.208. The zero-order valence-electron chi connectivity index (χ0n) is 16.1. The highest BCUT2D eigenvalue weighted by Gasteiger charge is 2.34. The van der Waals surface area contributed by atoms with Crippen molar-refractivity contribution in [3.8, 4) is 0 Å². The minimum absolute atomic E-state index is 0.0780. The van der Waals surface area contributed by atoms with Gasteiger partial charge in [-0.3, -0.25) is 4.79 Å². The average molecular weight is 424 g/mol. The van der Waals surface area contributed by atoms with Crippen molar-refractivity contribution in [1.82, 2.24) is 13.9 Å². The lowest BCUT2D eigenvalue weighted by Crippen LogP contribution is -2.35. The number of thioether (sulfide) groups is 1. The molecule has 0 spiro atoms. The highest BCUT2D eigenvalue weighted by atomic mass is 32.2. The Balaban J connectivity index is 1.67. The Morgan fingerprint density at radius 3 is 2.64 bits per heavy atom. The van der Waals surface area contributed by atoms with Crippen molar-refractivity contribution in [2.24, 2.45) is 0 Å².